The first-order valence-electron chi connectivity index (χ1n) is 8.59. The van der Waals surface area contributed by atoms with Crippen molar-refractivity contribution in [2.45, 2.75) is 25.2 Å². The van der Waals surface area contributed by atoms with Gasteiger partial charge in [0.1, 0.15) is 0 Å². The molecule has 1 aromatic heterocycles. The van der Waals surface area contributed by atoms with Crippen molar-refractivity contribution in [3.63, 3.8) is 0 Å². The van der Waals surface area contributed by atoms with Crippen LogP contribution in [0.1, 0.15) is 29.3 Å². The highest BCUT2D eigenvalue weighted by Crippen LogP contribution is 2.49. The first-order valence-corrected chi connectivity index (χ1v) is 9.78. The Labute approximate surface area is 156 Å². The Bertz CT molecular complexity index is 874. The molecule has 128 valence electrons. The van der Waals surface area contributed by atoms with Gasteiger partial charge in [-0.15, -0.1) is 11.3 Å². The number of para-hydroxylation sites is 1. The van der Waals surface area contributed by atoms with Gasteiger partial charge in [-0.2, -0.15) is 0 Å². The van der Waals surface area contributed by atoms with Crippen molar-refractivity contribution in [1.82, 2.24) is 10.3 Å². The topological polar surface area (TPSA) is 42.0 Å². The van der Waals surface area contributed by atoms with Gasteiger partial charge in [0.2, 0.25) is 5.91 Å². The summed E-state index contributed by atoms with van der Waals surface area (Å²) in [5.74, 6) is 0.495. The van der Waals surface area contributed by atoms with Crippen LogP contribution in [0.5, 0.6) is 0 Å². The Morgan fingerprint density at radius 1 is 1.20 bits per heavy atom. The number of rotatable bonds is 6. The number of carbonyl (C=O) groups excluding carboxylic acids is 1. The number of aryl methyl sites for hydroxylation is 1. The van der Waals surface area contributed by atoms with Gasteiger partial charge in [0.15, 0.2) is 0 Å². The number of thiazole rings is 1. The number of benzene rings is 2. The average molecular weight is 371 g/mol. The van der Waals surface area contributed by atoms with E-state index < -0.39 is 0 Å². The Hall–Kier alpha value is -1.91. The summed E-state index contributed by atoms with van der Waals surface area (Å²) in [5.41, 5.74) is 2.16. The van der Waals surface area contributed by atoms with Gasteiger partial charge in [-0.3, -0.25) is 4.79 Å². The Morgan fingerprint density at radius 2 is 2.00 bits per heavy atom. The van der Waals surface area contributed by atoms with Crippen molar-refractivity contribution in [1.29, 1.82) is 0 Å². The van der Waals surface area contributed by atoms with Gasteiger partial charge in [0, 0.05) is 23.9 Å². The fourth-order valence-electron chi connectivity index (χ4n) is 3.21. The molecule has 1 heterocycles. The van der Waals surface area contributed by atoms with Gasteiger partial charge >= 0.3 is 0 Å². The van der Waals surface area contributed by atoms with E-state index in [1.807, 2.05) is 42.5 Å². The van der Waals surface area contributed by atoms with E-state index in [1.165, 1.54) is 4.70 Å². The van der Waals surface area contributed by atoms with Crippen LogP contribution in [0.3, 0.4) is 0 Å². The highest BCUT2D eigenvalue weighted by molar-refractivity contribution is 7.18. The van der Waals surface area contributed by atoms with Gasteiger partial charge in [-0.25, -0.2) is 4.98 Å². The number of amides is 1. The zero-order valence-corrected chi connectivity index (χ0v) is 15.3. The zero-order valence-electron chi connectivity index (χ0n) is 13.7. The number of hydrogen-bond acceptors (Lipinski definition) is 3. The predicted molar refractivity (Wildman–Crippen MR) is 103 cm³/mol. The van der Waals surface area contributed by atoms with Crippen molar-refractivity contribution in [3.05, 3.63) is 64.1 Å². The van der Waals surface area contributed by atoms with Crippen LogP contribution in [0.2, 0.25) is 5.02 Å². The van der Waals surface area contributed by atoms with Crippen LogP contribution in [0.4, 0.5) is 0 Å². The molecule has 0 radical (unpaired) electrons. The summed E-state index contributed by atoms with van der Waals surface area (Å²) in [7, 11) is 0. The molecule has 1 amide bonds. The minimum Gasteiger partial charge on any atom is -0.356 e. The van der Waals surface area contributed by atoms with Crippen LogP contribution in [0.15, 0.2) is 48.5 Å². The highest BCUT2D eigenvalue weighted by Gasteiger charge is 2.44. The minimum absolute atomic E-state index is 0.0716. The number of nitrogens with zero attached hydrogens (tertiary/aromatic N) is 1. The molecule has 0 aliphatic heterocycles. The smallest absolute Gasteiger partial charge is 0.223 e. The molecule has 2 aromatic carbocycles. The number of carbonyl (C=O) groups is 1. The number of aromatic nitrogens is 1. The Balaban J connectivity index is 1.24. The normalized spacial score (nSPS) is 19.1. The lowest BCUT2D eigenvalue weighted by atomic mass is 10.1. The summed E-state index contributed by atoms with van der Waals surface area (Å²) in [5, 5.41) is 4.96. The van der Waals surface area contributed by atoms with Crippen molar-refractivity contribution in [2.75, 3.05) is 6.54 Å². The molecule has 5 heteroatoms. The molecule has 2 atom stereocenters. The quantitative estimate of drug-likeness (QED) is 0.633. The molecule has 1 N–H and O–H groups in total. The number of halogens is 1. The molecule has 1 aliphatic rings. The van der Waals surface area contributed by atoms with Crippen LogP contribution >= 0.6 is 22.9 Å². The number of hydrogen-bond donors (Lipinski definition) is 1. The predicted octanol–water partition coefficient (Wildman–Crippen LogP) is 4.80. The molecule has 0 spiro atoms. The van der Waals surface area contributed by atoms with E-state index >= 15 is 0 Å². The lowest BCUT2D eigenvalue weighted by molar-refractivity contribution is -0.122. The van der Waals surface area contributed by atoms with Gasteiger partial charge in [0.05, 0.1) is 15.2 Å². The van der Waals surface area contributed by atoms with Crippen LogP contribution < -0.4 is 5.32 Å². The summed E-state index contributed by atoms with van der Waals surface area (Å²) in [6.45, 7) is 0.695. The van der Waals surface area contributed by atoms with E-state index in [9.17, 15) is 4.79 Å². The van der Waals surface area contributed by atoms with Crippen molar-refractivity contribution >= 4 is 39.1 Å². The molecule has 1 fully saturated rings. The van der Waals surface area contributed by atoms with Crippen LogP contribution in [0.25, 0.3) is 10.2 Å². The number of nitrogens with one attached hydrogen (secondary N) is 1. The maximum atomic E-state index is 12.3. The summed E-state index contributed by atoms with van der Waals surface area (Å²) in [6.07, 6.45) is 2.71. The molecule has 3 nitrogen and oxygen atoms in total. The molecular weight excluding hydrogens is 352 g/mol. The van der Waals surface area contributed by atoms with Gasteiger partial charge in [-0.05, 0) is 42.5 Å². The molecule has 1 saturated carbocycles. The van der Waals surface area contributed by atoms with Crippen LogP contribution in [-0.2, 0) is 11.2 Å². The molecule has 2 unspecified atom stereocenters. The second-order valence-corrected chi connectivity index (χ2v) is 7.96. The van der Waals surface area contributed by atoms with E-state index in [0.29, 0.717) is 6.54 Å². The highest BCUT2D eigenvalue weighted by atomic mass is 35.5. The van der Waals surface area contributed by atoms with Crippen LogP contribution in [-0.4, -0.2) is 17.4 Å². The van der Waals surface area contributed by atoms with Gasteiger partial charge in [0.25, 0.3) is 0 Å². The van der Waals surface area contributed by atoms with E-state index in [-0.39, 0.29) is 17.7 Å². The van der Waals surface area contributed by atoms with Gasteiger partial charge < -0.3 is 5.32 Å². The second-order valence-electron chi connectivity index (χ2n) is 6.44. The summed E-state index contributed by atoms with van der Waals surface area (Å²) in [4.78, 5) is 16.9. The van der Waals surface area contributed by atoms with Gasteiger partial charge in [-0.1, -0.05) is 41.9 Å². The molecule has 3 aromatic rings. The molecular formula is C20H19ClN2OS. The van der Waals surface area contributed by atoms with Crippen molar-refractivity contribution in [2.24, 2.45) is 5.92 Å². The zero-order chi connectivity index (χ0) is 17.2. The second kappa shape index (κ2) is 7.14. The molecule has 25 heavy (non-hydrogen) atoms. The Kier molecular flexibility index (Phi) is 4.73. The fourth-order valence-corrected chi connectivity index (χ4v) is 4.50. The van der Waals surface area contributed by atoms with Crippen molar-refractivity contribution < 1.29 is 4.79 Å². The maximum absolute atomic E-state index is 12.3. The standard InChI is InChI=1S/C20H19ClN2OS/c21-16-7-2-1-6-13(16)14-12-15(14)20(24)22-11-5-10-19-23-17-8-3-4-9-18(17)25-19/h1-4,6-9,14-15H,5,10-12H2,(H,22,24). The summed E-state index contributed by atoms with van der Waals surface area (Å²) in [6, 6.07) is 16.0. The van der Waals surface area contributed by atoms with Crippen molar-refractivity contribution in [3.8, 4) is 0 Å². The lowest BCUT2D eigenvalue weighted by Gasteiger charge is -2.05. The molecule has 0 bridgehead atoms. The monoisotopic (exact) mass is 370 g/mol. The third kappa shape index (κ3) is 3.70. The number of fused-ring (bicyclic) bond motifs is 1. The third-order valence-corrected chi connectivity index (χ3v) is 6.08. The largest absolute Gasteiger partial charge is 0.356 e. The average Bonchev–Trinajstić information content (AvgIpc) is 3.30. The fraction of sp³-hybridized carbons (Fsp3) is 0.300. The SMILES string of the molecule is O=C(NCCCc1nc2ccccc2s1)C1CC1c1ccccc1Cl. The molecule has 4 rings (SSSR count). The van der Waals surface area contributed by atoms with E-state index in [1.54, 1.807) is 11.3 Å². The van der Waals surface area contributed by atoms with E-state index in [2.05, 4.69) is 16.4 Å². The van der Waals surface area contributed by atoms with E-state index in [0.717, 1.165) is 40.4 Å². The summed E-state index contributed by atoms with van der Waals surface area (Å²) >= 11 is 7.96. The third-order valence-electron chi connectivity index (χ3n) is 4.64. The lowest BCUT2D eigenvalue weighted by Crippen LogP contribution is -2.26. The molecule has 1 aliphatic carbocycles. The molecule has 0 saturated heterocycles. The Morgan fingerprint density at radius 3 is 2.84 bits per heavy atom. The first-order chi connectivity index (χ1) is 12.2. The maximum Gasteiger partial charge on any atom is 0.223 e. The first kappa shape index (κ1) is 16.6. The minimum atomic E-state index is 0.0716. The van der Waals surface area contributed by atoms with E-state index in [4.69, 9.17) is 11.6 Å². The van der Waals surface area contributed by atoms with Crippen LogP contribution in [0, 0.1) is 5.92 Å². The summed E-state index contributed by atoms with van der Waals surface area (Å²) < 4.78 is 1.22.